The Labute approximate surface area is 113 Å². The van der Waals surface area contributed by atoms with Gasteiger partial charge in [0.05, 0.1) is 0 Å². The minimum Gasteiger partial charge on any atom is -0.406 e. The number of halogens is 6. The smallest absolute Gasteiger partial charge is 0.406 e. The minimum atomic E-state index is -4.62. The highest BCUT2D eigenvalue weighted by Gasteiger charge is 2.30. The molecule has 98 valence electrons. The van der Waals surface area contributed by atoms with Crippen molar-refractivity contribution in [1.82, 2.24) is 0 Å². The molecule has 0 fully saturated rings. The van der Waals surface area contributed by atoms with Crippen LogP contribution in [-0.2, 0) is 8.26 Å². The van der Waals surface area contributed by atoms with E-state index in [0.717, 1.165) is 0 Å². The van der Waals surface area contributed by atoms with Crippen molar-refractivity contribution in [3.05, 3.63) is 28.7 Å². The second kappa shape index (κ2) is 6.67. The van der Waals surface area contributed by atoms with E-state index in [0.29, 0.717) is 4.47 Å². The molecule has 0 atom stereocenters. The molecule has 17 heavy (non-hydrogen) atoms. The maximum absolute atomic E-state index is 11.6. The standard InChI is InChI=1S/C7H4BrF3O.Cl2O2S/c8-5-1-3-6(4-2-5)12-7(9,10)11;1-5(2,3)4/h1-4H;. The molecule has 0 radical (unpaired) electrons. The second-order valence-corrected chi connectivity index (χ2v) is 6.96. The van der Waals surface area contributed by atoms with Crippen LogP contribution < -0.4 is 4.74 Å². The highest BCUT2D eigenvalue weighted by molar-refractivity contribution is 9.10. The molecule has 0 amide bonds. The van der Waals surface area contributed by atoms with E-state index in [1.165, 1.54) is 24.3 Å². The van der Waals surface area contributed by atoms with Crippen molar-refractivity contribution in [1.29, 1.82) is 0 Å². The Bertz CT molecular complexity index is 438. The van der Waals surface area contributed by atoms with E-state index in [1.807, 2.05) is 0 Å². The Morgan fingerprint density at radius 3 is 1.76 bits per heavy atom. The first-order chi connectivity index (χ1) is 7.47. The lowest BCUT2D eigenvalue weighted by Crippen LogP contribution is -2.16. The van der Waals surface area contributed by atoms with Gasteiger partial charge in [0, 0.05) is 25.8 Å². The Kier molecular flexibility index (Phi) is 6.60. The Morgan fingerprint density at radius 2 is 1.47 bits per heavy atom. The fourth-order valence-corrected chi connectivity index (χ4v) is 0.901. The van der Waals surface area contributed by atoms with Gasteiger partial charge in [0.1, 0.15) is 5.75 Å². The lowest BCUT2D eigenvalue weighted by Gasteiger charge is -2.07. The van der Waals surface area contributed by atoms with Crippen LogP contribution >= 0.6 is 37.3 Å². The quantitative estimate of drug-likeness (QED) is 0.695. The van der Waals surface area contributed by atoms with Gasteiger partial charge in [-0.3, -0.25) is 0 Å². The van der Waals surface area contributed by atoms with Crippen LogP contribution in [0.15, 0.2) is 28.7 Å². The Balaban J connectivity index is 0.000000437. The first-order valence-corrected chi connectivity index (χ1v) is 7.56. The number of hydrogen-bond acceptors (Lipinski definition) is 3. The molecule has 10 heteroatoms. The normalized spacial score (nSPS) is 11.4. The summed E-state index contributed by atoms with van der Waals surface area (Å²) in [6.07, 6.45) is -4.62. The minimum absolute atomic E-state index is 0.217. The third-order valence-corrected chi connectivity index (χ3v) is 1.58. The largest absolute Gasteiger partial charge is 0.573 e. The molecule has 0 aliphatic rings. The molecule has 0 spiro atoms. The molecule has 0 N–H and O–H groups in total. The zero-order valence-corrected chi connectivity index (χ0v) is 11.6. The predicted molar refractivity (Wildman–Crippen MR) is 61.5 cm³/mol. The average Bonchev–Trinajstić information content (AvgIpc) is 2.03. The molecule has 0 aromatic heterocycles. The second-order valence-electron chi connectivity index (χ2n) is 2.38. The van der Waals surface area contributed by atoms with Crippen molar-refractivity contribution < 1.29 is 26.3 Å². The van der Waals surface area contributed by atoms with Crippen LogP contribution in [-0.4, -0.2) is 14.8 Å². The highest BCUT2D eigenvalue weighted by Crippen LogP contribution is 2.23. The van der Waals surface area contributed by atoms with Gasteiger partial charge >= 0.3 is 14.6 Å². The molecule has 0 saturated heterocycles. The lowest BCUT2D eigenvalue weighted by molar-refractivity contribution is -0.274. The number of rotatable bonds is 1. The number of hydrogen-bond donors (Lipinski definition) is 0. The third-order valence-electron chi connectivity index (χ3n) is 1.05. The van der Waals surface area contributed by atoms with Crippen LogP contribution in [0, 0.1) is 0 Å². The van der Waals surface area contributed by atoms with E-state index in [4.69, 9.17) is 8.42 Å². The van der Waals surface area contributed by atoms with E-state index in [1.54, 1.807) is 0 Å². The van der Waals surface area contributed by atoms with Crippen molar-refractivity contribution in [2.24, 2.45) is 0 Å². The summed E-state index contributed by atoms with van der Waals surface area (Å²) in [5.74, 6) is -0.217. The Hall–Kier alpha value is -0.180. The lowest BCUT2D eigenvalue weighted by atomic mass is 10.3. The van der Waals surface area contributed by atoms with Crippen molar-refractivity contribution in [3.63, 3.8) is 0 Å². The van der Waals surface area contributed by atoms with Gasteiger partial charge in [-0.1, -0.05) is 15.9 Å². The summed E-state index contributed by atoms with van der Waals surface area (Å²) < 4.78 is 57.5. The molecular formula is C7H4BrCl2F3O3S. The molecule has 0 unspecified atom stereocenters. The molecular weight excluding hydrogens is 372 g/mol. The van der Waals surface area contributed by atoms with Crippen molar-refractivity contribution in [3.8, 4) is 5.75 Å². The predicted octanol–water partition coefficient (Wildman–Crippen LogP) is 4.06. The van der Waals surface area contributed by atoms with E-state index in [-0.39, 0.29) is 5.75 Å². The summed E-state index contributed by atoms with van der Waals surface area (Å²) >= 11 is 3.09. The van der Waals surface area contributed by atoms with Crippen molar-refractivity contribution in [2.75, 3.05) is 0 Å². The summed E-state index contributed by atoms with van der Waals surface area (Å²) in [5, 5.41) is 0. The van der Waals surface area contributed by atoms with Crippen LogP contribution in [0.2, 0.25) is 0 Å². The Morgan fingerprint density at radius 1 is 1.12 bits per heavy atom. The fourth-order valence-electron chi connectivity index (χ4n) is 0.636. The zero-order valence-electron chi connectivity index (χ0n) is 7.71. The first-order valence-electron chi connectivity index (χ1n) is 3.63. The van der Waals surface area contributed by atoms with Gasteiger partial charge in [-0.2, -0.15) is 8.42 Å². The fraction of sp³-hybridized carbons (Fsp3) is 0.143. The summed E-state index contributed by atoms with van der Waals surface area (Å²) in [6.45, 7) is 0. The monoisotopic (exact) mass is 374 g/mol. The van der Waals surface area contributed by atoms with Gasteiger partial charge in [0.2, 0.25) is 0 Å². The third kappa shape index (κ3) is 13.8. The van der Waals surface area contributed by atoms with Crippen LogP contribution in [0.3, 0.4) is 0 Å². The van der Waals surface area contributed by atoms with Gasteiger partial charge in [-0.25, -0.2) is 0 Å². The summed E-state index contributed by atoms with van der Waals surface area (Å²) in [5.41, 5.74) is 0. The van der Waals surface area contributed by atoms with E-state index < -0.39 is 14.6 Å². The van der Waals surface area contributed by atoms with E-state index in [2.05, 4.69) is 42.0 Å². The summed E-state index contributed by atoms with van der Waals surface area (Å²) in [6, 6.07) is 5.41. The van der Waals surface area contributed by atoms with Gasteiger partial charge < -0.3 is 4.74 Å². The van der Waals surface area contributed by atoms with Gasteiger partial charge in [0.15, 0.2) is 0 Å². The maximum Gasteiger partial charge on any atom is 0.573 e. The van der Waals surface area contributed by atoms with Gasteiger partial charge in [0.25, 0.3) is 0 Å². The van der Waals surface area contributed by atoms with Crippen LogP contribution in [0.25, 0.3) is 0 Å². The van der Waals surface area contributed by atoms with E-state index in [9.17, 15) is 13.2 Å². The first kappa shape index (κ1) is 16.8. The average molecular weight is 376 g/mol. The zero-order chi connectivity index (χ0) is 13.7. The summed E-state index contributed by atoms with van der Waals surface area (Å²) in [4.78, 5) is 0. The molecule has 0 saturated carbocycles. The SMILES string of the molecule is FC(F)(F)Oc1ccc(Br)cc1.O=S(=O)(Cl)Cl. The highest BCUT2D eigenvalue weighted by atomic mass is 79.9. The number of benzene rings is 1. The molecule has 0 bridgehead atoms. The molecule has 1 aromatic rings. The number of ether oxygens (including phenoxy) is 1. The van der Waals surface area contributed by atoms with Crippen molar-refractivity contribution in [2.45, 2.75) is 6.36 Å². The van der Waals surface area contributed by atoms with E-state index >= 15 is 0 Å². The van der Waals surface area contributed by atoms with Crippen LogP contribution in [0.5, 0.6) is 5.75 Å². The molecule has 0 aliphatic carbocycles. The van der Waals surface area contributed by atoms with Gasteiger partial charge in [-0.05, 0) is 24.3 Å². The maximum atomic E-state index is 11.6. The van der Waals surface area contributed by atoms with Crippen molar-refractivity contribution >= 4 is 45.6 Å². The molecule has 1 rings (SSSR count). The van der Waals surface area contributed by atoms with Crippen LogP contribution in [0.1, 0.15) is 0 Å². The molecule has 0 aliphatic heterocycles. The molecule has 0 heterocycles. The summed E-state index contributed by atoms with van der Waals surface area (Å²) in [7, 11) is 4.81. The molecule has 1 aromatic carbocycles. The van der Waals surface area contributed by atoms with Crippen LogP contribution in [0.4, 0.5) is 13.2 Å². The topological polar surface area (TPSA) is 43.4 Å². The van der Waals surface area contributed by atoms with Gasteiger partial charge in [-0.15, -0.1) is 13.2 Å². The number of alkyl halides is 3. The molecule has 3 nitrogen and oxygen atoms in total.